The number of benzene rings is 4. The van der Waals surface area contributed by atoms with Gasteiger partial charge in [0.15, 0.2) is 0 Å². The maximum atomic E-state index is 12.3. The van der Waals surface area contributed by atoms with Crippen LogP contribution in [0.15, 0.2) is 97.5 Å². The van der Waals surface area contributed by atoms with E-state index in [1.165, 1.54) is 129 Å². The number of amides is 4. The number of aromatic nitrogens is 6. The zero-order chi connectivity index (χ0) is 57.0. The van der Waals surface area contributed by atoms with Crippen LogP contribution < -0.4 is 21.3 Å². The molecular formula is C64H90N14O4. The van der Waals surface area contributed by atoms with Gasteiger partial charge in [-0.1, -0.05) is 49.4 Å². The van der Waals surface area contributed by atoms with Crippen LogP contribution in [0.25, 0.3) is 33.0 Å². The van der Waals surface area contributed by atoms with E-state index in [0.29, 0.717) is 17.7 Å². The van der Waals surface area contributed by atoms with E-state index in [1.807, 2.05) is 85.9 Å². The van der Waals surface area contributed by atoms with Crippen LogP contribution in [0.1, 0.15) is 150 Å². The van der Waals surface area contributed by atoms with Gasteiger partial charge in [0.05, 0.1) is 17.4 Å². The second-order valence-corrected chi connectivity index (χ2v) is 22.3. The molecule has 7 heterocycles. The van der Waals surface area contributed by atoms with Gasteiger partial charge in [0, 0.05) is 65.5 Å². The van der Waals surface area contributed by atoms with Crippen molar-refractivity contribution in [1.82, 2.24) is 71.2 Å². The van der Waals surface area contributed by atoms with Gasteiger partial charge in [0.2, 0.25) is 0 Å². The Balaban J connectivity index is 0.000000143. The van der Waals surface area contributed by atoms with Gasteiger partial charge < -0.3 is 50.8 Å². The zero-order valence-corrected chi connectivity index (χ0v) is 48.6. The molecule has 3 aromatic heterocycles. The molecule has 0 radical (unpaired) electrons. The highest BCUT2D eigenvalue weighted by molar-refractivity contribution is 6.06. The van der Waals surface area contributed by atoms with E-state index >= 15 is 0 Å². The normalized spacial score (nSPS) is 16.2. The highest BCUT2D eigenvalue weighted by Gasteiger charge is 2.16. The van der Waals surface area contributed by atoms with Crippen LogP contribution in [0.5, 0.6) is 0 Å². The minimum Gasteiger partial charge on any atom is -0.361 e. The molecule has 0 atom stereocenters. The maximum absolute atomic E-state index is 12.3. The van der Waals surface area contributed by atoms with Gasteiger partial charge in [0.25, 0.3) is 23.6 Å². The first-order chi connectivity index (χ1) is 40.3. The molecule has 4 fully saturated rings. The van der Waals surface area contributed by atoms with E-state index in [1.54, 1.807) is 18.5 Å². The zero-order valence-electron chi connectivity index (χ0n) is 48.6. The molecule has 0 aliphatic carbocycles. The third-order valence-corrected chi connectivity index (χ3v) is 15.9. The Morgan fingerprint density at radius 3 is 1.40 bits per heavy atom. The van der Waals surface area contributed by atoms with Gasteiger partial charge in [-0.15, -0.1) is 0 Å². The van der Waals surface area contributed by atoms with Crippen molar-refractivity contribution in [2.45, 2.75) is 110 Å². The standard InChI is InChI=1S/C17H23N3O.C16H22N4O.C16H24N2O.C15H21N5O/c21-17(15-6-4-7-16-14(15)8-10-18-16)19-9-5-13-20-11-2-1-3-12-20;21-16(13-5-6-14-15(11-13)19-12-18-14)17-7-4-10-20-8-2-1-3-9-20;1-14-7-5-8-15(13-14)16(19)17-9-6-12-18-10-3-2-4-11-18;21-15(12-5-6-13-14(11-12)18-19-17-13)16-7-4-10-20-8-2-1-3-9-20/h4,6-8,10,18H,1-3,5,9,11-13H2,(H,19,21);5-6,11-12H,1-4,7-10H2,(H,17,21)(H,18,19);5,7-8,13H,2-4,6,9-12H2,1H3,(H,17,19);5-6,11H,1-4,7-10H2,(H,16,21)(H,17,18,19). The Hall–Kier alpha value is -6.99. The molecule has 4 amide bonds. The summed E-state index contributed by atoms with van der Waals surface area (Å²) < 4.78 is 0. The first-order valence-corrected chi connectivity index (χ1v) is 30.6. The third-order valence-electron chi connectivity index (χ3n) is 15.9. The summed E-state index contributed by atoms with van der Waals surface area (Å²) in [5.41, 5.74) is 8.25. The van der Waals surface area contributed by atoms with Crippen LogP contribution in [0.3, 0.4) is 0 Å². The molecule has 7 N–H and O–H groups in total. The number of likely N-dealkylation sites (tertiary alicyclic amines) is 4. The highest BCUT2D eigenvalue weighted by Crippen LogP contribution is 2.18. The van der Waals surface area contributed by atoms with E-state index < -0.39 is 0 Å². The number of piperidine rings is 4. The Bertz CT molecular complexity index is 2910. The minimum atomic E-state index is -0.0430. The predicted octanol–water partition coefficient (Wildman–Crippen LogP) is 9.11. The SMILES string of the molecule is Cc1cccc(C(=O)NCCCN2CCCCC2)c1.O=C(NCCCN1CCCCC1)c1ccc2n[nH]nc2c1.O=C(NCCCN1CCCCC1)c1ccc2nc[nH]c2c1.O=C(NCCCN1CCCCC1)c1cccc2[nH]ccc12. The van der Waals surface area contributed by atoms with Crippen molar-refractivity contribution in [2.24, 2.45) is 0 Å². The number of nitrogens with zero attached hydrogens (tertiary/aromatic N) is 7. The number of hydrogen-bond donors (Lipinski definition) is 7. The average Bonchev–Trinajstić information content (AvgIpc) is 4.34. The molecule has 4 aliphatic rings. The Labute approximate surface area is 484 Å². The summed E-state index contributed by atoms with van der Waals surface area (Å²) >= 11 is 0. The number of carbonyl (C=O) groups is 4. The second-order valence-electron chi connectivity index (χ2n) is 22.3. The molecule has 4 aliphatic heterocycles. The minimum absolute atomic E-state index is 0.00913. The first-order valence-electron chi connectivity index (χ1n) is 30.6. The molecule has 440 valence electrons. The van der Waals surface area contributed by atoms with Crippen molar-refractivity contribution in [3.05, 3.63) is 125 Å². The molecule has 82 heavy (non-hydrogen) atoms. The molecule has 4 saturated heterocycles. The number of H-pyrrole nitrogens is 3. The quantitative estimate of drug-likeness (QED) is 0.0358. The first kappa shape index (κ1) is 61.1. The molecule has 18 nitrogen and oxygen atoms in total. The summed E-state index contributed by atoms with van der Waals surface area (Å²) in [6, 6.07) is 26.4. The van der Waals surface area contributed by atoms with Crippen LogP contribution >= 0.6 is 0 Å². The lowest BCUT2D eigenvalue weighted by Gasteiger charge is -2.26. The van der Waals surface area contributed by atoms with Crippen LogP contribution in [0, 0.1) is 6.92 Å². The molecule has 11 rings (SSSR count). The van der Waals surface area contributed by atoms with Crippen LogP contribution in [-0.2, 0) is 0 Å². The van der Waals surface area contributed by atoms with E-state index in [9.17, 15) is 19.2 Å². The van der Waals surface area contributed by atoms with Gasteiger partial charge in [-0.05, 0) is 229 Å². The van der Waals surface area contributed by atoms with E-state index in [-0.39, 0.29) is 23.6 Å². The van der Waals surface area contributed by atoms with Crippen LogP contribution in [0.4, 0.5) is 0 Å². The molecular weight excluding hydrogens is 1030 g/mol. The number of aromatic amines is 3. The lowest BCUT2D eigenvalue weighted by Crippen LogP contribution is -2.33. The molecule has 0 saturated carbocycles. The van der Waals surface area contributed by atoms with Crippen molar-refractivity contribution in [1.29, 1.82) is 0 Å². The van der Waals surface area contributed by atoms with Crippen molar-refractivity contribution >= 4 is 56.6 Å². The van der Waals surface area contributed by atoms with Gasteiger partial charge in [0.1, 0.15) is 11.0 Å². The van der Waals surface area contributed by atoms with Gasteiger partial charge in [-0.25, -0.2) is 4.98 Å². The summed E-state index contributed by atoms with van der Waals surface area (Å²) in [5.74, 6) is 0.0184. The fraction of sp³-hybridized carbons (Fsp3) is 0.516. The van der Waals surface area contributed by atoms with Crippen LogP contribution in [-0.4, -0.2) is 178 Å². The average molecular weight is 1120 g/mol. The Morgan fingerprint density at radius 2 is 0.890 bits per heavy atom. The molecule has 0 unspecified atom stereocenters. The Morgan fingerprint density at radius 1 is 0.439 bits per heavy atom. The fourth-order valence-electron chi connectivity index (χ4n) is 11.3. The summed E-state index contributed by atoms with van der Waals surface area (Å²) in [6.07, 6.45) is 23.6. The van der Waals surface area contributed by atoms with Gasteiger partial charge >= 0.3 is 0 Å². The largest absolute Gasteiger partial charge is 0.361 e. The number of hydrogen-bond acceptors (Lipinski definition) is 11. The summed E-state index contributed by atoms with van der Waals surface area (Å²) in [4.78, 5) is 68.7. The lowest BCUT2D eigenvalue weighted by atomic mass is 10.1. The molecule has 0 spiro atoms. The topological polar surface area (TPSA) is 215 Å². The van der Waals surface area contributed by atoms with Crippen molar-refractivity contribution in [2.75, 3.05) is 105 Å². The highest BCUT2D eigenvalue weighted by atomic mass is 16.2. The van der Waals surface area contributed by atoms with Crippen molar-refractivity contribution < 1.29 is 19.2 Å². The fourth-order valence-corrected chi connectivity index (χ4v) is 11.3. The number of rotatable bonds is 20. The van der Waals surface area contributed by atoms with E-state index in [2.05, 4.69) is 71.2 Å². The molecule has 0 bridgehead atoms. The van der Waals surface area contributed by atoms with E-state index in [4.69, 9.17) is 0 Å². The maximum Gasteiger partial charge on any atom is 0.251 e. The number of carbonyl (C=O) groups excluding carboxylic acids is 4. The van der Waals surface area contributed by atoms with Gasteiger partial charge in [-0.2, -0.15) is 15.4 Å². The number of imidazole rings is 1. The lowest BCUT2D eigenvalue weighted by molar-refractivity contribution is 0.0943. The second kappa shape index (κ2) is 33.8. The van der Waals surface area contributed by atoms with Crippen molar-refractivity contribution in [3.63, 3.8) is 0 Å². The summed E-state index contributed by atoms with van der Waals surface area (Å²) in [5, 5.41) is 23.5. The number of aryl methyl sites for hydroxylation is 1. The molecule has 7 aromatic rings. The smallest absolute Gasteiger partial charge is 0.251 e. The predicted molar refractivity (Wildman–Crippen MR) is 328 cm³/mol. The number of fused-ring (bicyclic) bond motifs is 3. The summed E-state index contributed by atoms with van der Waals surface area (Å²) in [7, 11) is 0. The van der Waals surface area contributed by atoms with Crippen molar-refractivity contribution in [3.8, 4) is 0 Å². The monoisotopic (exact) mass is 1120 g/mol. The summed E-state index contributed by atoms with van der Waals surface area (Å²) in [6.45, 7) is 19.0. The van der Waals surface area contributed by atoms with Gasteiger partial charge in [-0.3, -0.25) is 19.2 Å². The third kappa shape index (κ3) is 20.2. The molecule has 18 heteroatoms. The number of nitrogens with one attached hydrogen (secondary N) is 7. The van der Waals surface area contributed by atoms with Crippen LogP contribution in [0.2, 0.25) is 0 Å². The Kier molecular flexibility index (Phi) is 25.2. The van der Waals surface area contributed by atoms with E-state index in [0.717, 1.165) is 121 Å². The molecule has 4 aromatic carbocycles.